The molecule has 0 spiro atoms. The van der Waals surface area contributed by atoms with Crippen LogP contribution in [-0.4, -0.2) is 17.5 Å². The van der Waals surface area contributed by atoms with E-state index in [1.54, 1.807) is 6.20 Å². The number of benzene rings is 1. The minimum absolute atomic E-state index is 0.0527. The SMILES string of the molecule is O=C(COc1ccnc2c1CCCC2)NC1CCCc2ccccc21. The Bertz CT molecular complexity index is 772. The molecule has 1 N–H and O–H groups in total. The van der Waals surface area contributed by atoms with Crippen LogP contribution in [0.5, 0.6) is 5.75 Å². The van der Waals surface area contributed by atoms with Crippen molar-refractivity contribution in [1.29, 1.82) is 0 Å². The molecule has 130 valence electrons. The topological polar surface area (TPSA) is 51.2 Å². The summed E-state index contributed by atoms with van der Waals surface area (Å²) in [6.45, 7) is 0.0646. The predicted molar refractivity (Wildman–Crippen MR) is 96.6 cm³/mol. The number of hydrogen-bond acceptors (Lipinski definition) is 3. The van der Waals surface area contributed by atoms with E-state index in [2.05, 4.69) is 28.5 Å². The zero-order valence-electron chi connectivity index (χ0n) is 14.5. The number of hydrogen-bond donors (Lipinski definition) is 1. The second-order valence-electron chi connectivity index (χ2n) is 6.94. The standard InChI is InChI=1S/C21H24N2O2/c24-21(23-19-11-5-7-15-6-1-2-8-16(15)19)14-25-20-12-13-22-18-10-4-3-9-17(18)20/h1-2,6,8,12-13,19H,3-5,7,9-11,14H2,(H,23,24). The van der Waals surface area contributed by atoms with Crippen LogP contribution >= 0.6 is 0 Å². The molecule has 1 atom stereocenters. The first-order chi connectivity index (χ1) is 12.3. The van der Waals surface area contributed by atoms with Crippen LogP contribution in [0.4, 0.5) is 0 Å². The van der Waals surface area contributed by atoms with Gasteiger partial charge < -0.3 is 10.1 Å². The monoisotopic (exact) mass is 336 g/mol. The Morgan fingerprint density at radius 3 is 2.96 bits per heavy atom. The second kappa shape index (κ2) is 7.26. The molecule has 2 aromatic rings. The molecule has 2 aliphatic rings. The first kappa shape index (κ1) is 16.1. The molecular weight excluding hydrogens is 312 g/mol. The van der Waals surface area contributed by atoms with Crippen molar-refractivity contribution in [2.45, 2.75) is 51.0 Å². The van der Waals surface area contributed by atoms with E-state index in [9.17, 15) is 4.79 Å². The molecule has 1 heterocycles. The lowest BCUT2D eigenvalue weighted by Gasteiger charge is -2.26. The number of aryl methyl sites for hydroxylation is 2. The van der Waals surface area contributed by atoms with E-state index < -0.39 is 0 Å². The molecule has 4 heteroatoms. The molecule has 0 saturated carbocycles. The van der Waals surface area contributed by atoms with Crippen molar-refractivity contribution in [2.24, 2.45) is 0 Å². The summed E-state index contributed by atoms with van der Waals surface area (Å²) in [6.07, 6.45) is 9.35. The molecule has 25 heavy (non-hydrogen) atoms. The van der Waals surface area contributed by atoms with Crippen LogP contribution in [-0.2, 0) is 24.1 Å². The van der Waals surface area contributed by atoms with E-state index in [1.165, 1.54) is 29.5 Å². The van der Waals surface area contributed by atoms with Gasteiger partial charge in [0.15, 0.2) is 6.61 Å². The lowest BCUT2D eigenvalue weighted by molar-refractivity contribution is -0.124. The van der Waals surface area contributed by atoms with Gasteiger partial charge in [-0.2, -0.15) is 0 Å². The average molecular weight is 336 g/mol. The van der Waals surface area contributed by atoms with Crippen LogP contribution in [0.1, 0.15) is 54.1 Å². The Balaban J connectivity index is 1.39. The second-order valence-corrected chi connectivity index (χ2v) is 6.94. The van der Waals surface area contributed by atoms with Crippen molar-refractivity contribution >= 4 is 5.91 Å². The third-order valence-corrected chi connectivity index (χ3v) is 5.26. The van der Waals surface area contributed by atoms with E-state index in [0.29, 0.717) is 0 Å². The molecular formula is C21H24N2O2. The van der Waals surface area contributed by atoms with Gasteiger partial charge in [-0.1, -0.05) is 24.3 Å². The van der Waals surface area contributed by atoms with Crippen molar-refractivity contribution in [3.8, 4) is 5.75 Å². The first-order valence-corrected chi connectivity index (χ1v) is 9.28. The highest BCUT2D eigenvalue weighted by atomic mass is 16.5. The van der Waals surface area contributed by atoms with E-state index in [4.69, 9.17) is 4.74 Å². The summed E-state index contributed by atoms with van der Waals surface area (Å²) in [5, 5.41) is 3.15. The fourth-order valence-electron chi connectivity index (χ4n) is 4.01. The molecule has 1 aromatic heterocycles. The molecule has 0 fully saturated rings. The molecule has 1 aromatic carbocycles. The lowest BCUT2D eigenvalue weighted by atomic mass is 9.88. The Morgan fingerprint density at radius 1 is 1.12 bits per heavy atom. The highest BCUT2D eigenvalue weighted by Crippen LogP contribution is 2.30. The van der Waals surface area contributed by atoms with Gasteiger partial charge in [-0.3, -0.25) is 9.78 Å². The maximum atomic E-state index is 12.4. The lowest BCUT2D eigenvalue weighted by Crippen LogP contribution is -2.34. The number of nitrogens with zero attached hydrogens (tertiary/aromatic N) is 1. The van der Waals surface area contributed by atoms with Crippen LogP contribution in [0, 0.1) is 0 Å². The highest BCUT2D eigenvalue weighted by molar-refractivity contribution is 5.78. The van der Waals surface area contributed by atoms with Crippen LogP contribution < -0.4 is 10.1 Å². The van der Waals surface area contributed by atoms with E-state index in [1.807, 2.05) is 12.1 Å². The summed E-state index contributed by atoms with van der Waals surface area (Å²) in [4.78, 5) is 16.9. The Morgan fingerprint density at radius 2 is 2.00 bits per heavy atom. The van der Waals surface area contributed by atoms with Gasteiger partial charge in [0, 0.05) is 17.5 Å². The normalized spacial score (nSPS) is 18.8. The van der Waals surface area contributed by atoms with Gasteiger partial charge >= 0.3 is 0 Å². The van der Waals surface area contributed by atoms with Crippen LogP contribution in [0.25, 0.3) is 0 Å². The minimum Gasteiger partial charge on any atom is -0.483 e. The van der Waals surface area contributed by atoms with Gasteiger partial charge in [-0.15, -0.1) is 0 Å². The third-order valence-electron chi connectivity index (χ3n) is 5.26. The maximum absolute atomic E-state index is 12.4. The van der Waals surface area contributed by atoms with Gasteiger partial charge in [-0.05, 0) is 62.1 Å². The van der Waals surface area contributed by atoms with Gasteiger partial charge in [-0.25, -0.2) is 0 Å². The summed E-state index contributed by atoms with van der Waals surface area (Å²) in [6, 6.07) is 10.4. The van der Waals surface area contributed by atoms with Gasteiger partial charge in [0.2, 0.25) is 0 Å². The summed E-state index contributed by atoms with van der Waals surface area (Å²) in [5.41, 5.74) is 4.92. The Labute approximate surface area is 148 Å². The van der Waals surface area contributed by atoms with Gasteiger partial charge in [0.25, 0.3) is 5.91 Å². The highest BCUT2D eigenvalue weighted by Gasteiger charge is 2.22. The molecule has 0 saturated heterocycles. The Hall–Kier alpha value is -2.36. The fourth-order valence-corrected chi connectivity index (χ4v) is 4.01. The van der Waals surface area contributed by atoms with Gasteiger partial charge in [0.05, 0.1) is 6.04 Å². The number of rotatable bonds is 4. The minimum atomic E-state index is -0.0527. The third kappa shape index (κ3) is 3.53. The molecule has 0 bridgehead atoms. The quantitative estimate of drug-likeness (QED) is 0.929. The van der Waals surface area contributed by atoms with Crippen LogP contribution in [0.2, 0.25) is 0 Å². The number of aromatic nitrogens is 1. The summed E-state index contributed by atoms with van der Waals surface area (Å²) in [5.74, 6) is 0.770. The molecule has 1 amide bonds. The number of ether oxygens (including phenoxy) is 1. The number of nitrogens with one attached hydrogen (secondary N) is 1. The molecule has 4 nitrogen and oxygen atoms in total. The van der Waals surface area contributed by atoms with E-state index >= 15 is 0 Å². The average Bonchev–Trinajstić information content (AvgIpc) is 2.66. The van der Waals surface area contributed by atoms with Crippen LogP contribution in [0.15, 0.2) is 36.5 Å². The first-order valence-electron chi connectivity index (χ1n) is 9.28. The number of pyridine rings is 1. The number of amides is 1. The fraction of sp³-hybridized carbons (Fsp3) is 0.429. The maximum Gasteiger partial charge on any atom is 0.258 e. The molecule has 4 rings (SSSR count). The summed E-state index contributed by atoms with van der Waals surface area (Å²) < 4.78 is 5.84. The summed E-state index contributed by atoms with van der Waals surface area (Å²) >= 11 is 0. The number of carbonyl (C=O) groups excluding carboxylic acids is 1. The van der Waals surface area contributed by atoms with Crippen molar-refractivity contribution in [3.05, 3.63) is 58.9 Å². The van der Waals surface area contributed by atoms with Crippen LogP contribution in [0.3, 0.4) is 0 Å². The Kier molecular flexibility index (Phi) is 4.68. The number of carbonyl (C=O) groups is 1. The molecule has 1 unspecified atom stereocenters. The predicted octanol–water partition coefficient (Wildman–Crippen LogP) is 3.53. The zero-order valence-corrected chi connectivity index (χ0v) is 14.5. The van der Waals surface area contributed by atoms with Crippen molar-refractivity contribution < 1.29 is 9.53 Å². The van der Waals surface area contributed by atoms with E-state index in [0.717, 1.165) is 43.5 Å². The molecule has 0 aliphatic heterocycles. The van der Waals surface area contributed by atoms with Gasteiger partial charge in [0.1, 0.15) is 5.75 Å². The van der Waals surface area contributed by atoms with E-state index in [-0.39, 0.29) is 18.6 Å². The zero-order chi connectivity index (χ0) is 17.1. The smallest absolute Gasteiger partial charge is 0.258 e. The van der Waals surface area contributed by atoms with Crippen molar-refractivity contribution in [3.63, 3.8) is 0 Å². The van der Waals surface area contributed by atoms with Crippen molar-refractivity contribution in [2.75, 3.05) is 6.61 Å². The molecule has 2 aliphatic carbocycles. The molecule has 0 radical (unpaired) electrons. The van der Waals surface area contributed by atoms with Crippen molar-refractivity contribution in [1.82, 2.24) is 10.3 Å². The summed E-state index contributed by atoms with van der Waals surface area (Å²) in [7, 11) is 0. The largest absolute Gasteiger partial charge is 0.483 e. The number of fused-ring (bicyclic) bond motifs is 2.